The van der Waals surface area contributed by atoms with E-state index in [0.29, 0.717) is 29.2 Å². The van der Waals surface area contributed by atoms with Gasteiger partial charge in [-0.2, -0.15) is 0 Å². The van der Waals surface area contributed by atoms with Gasteiger partial charge in [0.2, 0.25) is 0 Å². The highest BCUT2D eigenvalue weighted by Crippen LogP contribution is 2.47. The molecule has 178 valence electrons. The Bertz CT molecular complexity index is 1350. The number of rotatable bonds is 7. The lowest BCUT2D eigenvalue weighted by molar-refractivity contribution is -0.187. The Balaban J connectivity index is 1.27. The molecule has 10 heteroatoms. The van der Waals surface area contributed by atoms with Crippen molar-refractivity contribution in [1.82, 2.24) is 19.5 Å². The fourth-order valence-corrected chi connectivity index (χ4v) is 4.64. The molecule has 35 heavy (non-hydrogen) atoms. The van der Waals surface area contributed by atoms with Crippen molar-refractivity contribution in [2.24, 2.45) is 0 Å². The zero-order chi connectivity index (χ0) is 23.8. The van der Waals surface area contributed by atoms with E-state index in [1.165, 1.54) is 6.33 Å². The van der Waals surface area contributed by atoms with Gasteiger partial charge in [0.1, 0.15) is 24.1 Å². The van der Waals surface area contributed by atoms with E-state index in [1.807, 2.05) is 36.4 Å². The quantitative estimate of drug-likeness (QED) is 0.420. The van der Waals surface area contributed by atoms with Crippen LogP contribution in [0.4, 0.5) is 5.82 Å². The highest BCUT2D eigenvalue weighted by Gasteiger charge is 2.63. The highest BCUT2D eigenvalue weighted by molar-refractivity contribution is 6.06. The monoisotopic (exact) mass is 473 g/mol. The number of hydrogen-bond donors (Lipinski definition) is 2. The number of carbonyl (C=O) groups excluding carboxylic acids is 1. The summed E-state index contributed by atoms with van der Waals surface area (Å²) < 4.78 is 20.3. The van der Waals surface area contributed by atoms with Gasteiger partial charge in [-0.15, -0.1) is 0 Å². The van der Waals surface area contributed by atoms with Gasteiger partial charge in [0.25, 0.3) is 5.91 Å². The van der Waals surface area contributed by atoms with Gasteiger partial charge in [-0.1, -0.05) is 48.5 Å². The van der Waals surface area contributed by atoms with Crippen molar-refractivity contribution in [3.63, 3.8) is 0 Å². The Labute approximate surface area is 200 Å². The molecule has 2 aliphatic heterocycles. The van der Waals surface area contributed by atoms with Crippen LogP contribution in [0.5, 0.6) is 0 Å². The first-order chi connectivity index (χ1) is 17.2. The maximum absolute atomic E-state index is 12.6. The van der Waals surface area contributed by atoms with Crippen LogP contribution in [-0.4, -0.2) is 61.6 Å². The summed E-state index contributed by atoms with van der Waals surface area (Å²) in [7, 11) is 0. The van der Waals surface area contributed by atoms with Crippen molar-refractivity contribution in [3.8, 4) is 0 Å². The molecule has 4 aromatic rings. The topological polar surface area (TPSA) is 121 Å². The predicted octanol–water partition coefficient (Wildman–Crippen LogP) is 2.32. The maximum atomic E-state index is 12.6. The van der Waals surface area contributed by atoms with Gasteiger partial charge < -0.3 is 24.6 Å². The van der Waals surface area contributed by atoms with Crippen LogP contribution in [0, 0.1) is 0 Å². The number of fused-ring (bicyclic) bond motifs is 3. The number of nitrogens with zero attached hydrogens (tertiary/aromatic N) is 4. The first kappa shape index (κ1) is 21.8. The summed E-state index contributed by atoms with van der Waals surface area (Å²) in [6.45, 7) is 0.343. The van der Waals surface area contributed by atoms with Gasteiger partial charge in [-0.3, -0.25) is 9.36 Å². The summed E-state index contributed by atoms with van der Waals surface area (Å²) in [4.78, 5) is 25.7. The first-order valence-electron chi connectivity index (χ1n) is 11.3. The SMILES string of the molecule is O=C(Nc1ncnc2c1ncn2[C@@H]1O[C@@]2(CO)CO[C@H]1C2OCc1ccccc1)c1ccccc1. The number of anilines is 1. The van der Waals surface area contributed by atoms with Gasteiger partial charge in [-0.25, -0.2) is 15.0 Å². The number of benzene rings is 2. The van der Waals surface area contributed by atoms with E-state index in [0.717, 1.165) is 5.56 Å². The largest absolute Gasteiger partial charge is 0.393 e. The second-order valence-electron chi connectivity index (χ2n) is 8.59. The predicted molar refractivity (Wildman–Crippen MR) is 124 cm³/mol. The second-order valence-corrected chi connectivity index (χ2v) is 8.59. The summed E-state index contributed by atoms with van der Waals surface area (Å²) in [6, 6.07) is 18.7. The maximum Gasteiger partial charge on any atom is 0.256 e. The van der Waals surface area contributed by atoms with Crippen LogP contribution in [0.1, 0.15) is 22.1 Å². The molecule has 2 aliphatic rings. The summed E-state index contributed by atoms with van der Waals surface area (Å²) >= 11 is 0. The molecule has 6 rings (SSSR count). The molecular weight excluding hydrogens is 450 g/mol. The van der Waals surface area contributed by atoms with Gasteiger partial charge in [-0.05, 0) is 17.7 Å². The van der Waals surface area contributed by atoms with E-state index in [1.54, 1.807) is 35.2 Å². The molecule has 2 bridgehead atoms. The molecule has 4 heterocycles. The number of aromatic nitrogens is 4. The molecule has 0 spiro atoms. The van der Waals surface area contributed by atoms with E-state index >= 15 is 0 Å². The fourth-order valence-electron chi connectivity index (χ4n) is 4.64. The van der Waals surface area contributed by atoms with Crippen LogP contribution in [-0.2, 0) is 20.8 Å². The highest BCUT2D eigenvalue weighted by atomic mass is 16.7. The molecule has 1 unspecified atom stereocenters. The zero-order valence-corrected chi connectivity index (χ0v) is 18.7. The lowest BCUT2D eigenvalue weighted by Crippen LogP contribution is -2.45. The van der Waals surface area contributed by atoms with Crippen LogP contribution in [0.3, 0.4) is 0 Å². The Morgan fingerprint density at radius 3 is 2.66 bits per heavy atom. The molecule has 2 aromatic heterocycles. The average Bonchev–Trinajstić information content (AvgIpc) is 3.59. The standard InChI is InChI=1S/C25H23N5O5/c31-12-25-13-34-19(20(25)33-11-16-7-3-1-4-8-16)24(35-25)30-15-28-18-21(26-14-27-22(18)30)29-23(32)17-9-5-2-6-10-17/h1-10,14-15,19-20,24,31H,11-13H2,(H,26,27,29,32)/t19-,20?,24+,25-/m0/s1. The molecular formula is C25H23N5O5. The third kappa shape index (κ3) is 3.76. The Hall–Kier alpha value is -3.70. The normalized spacial score (nSPS) is 25.2. The molecule has 1 amide bonds. The van der Waals surface area contributed by atoms with E-state index < -0.39 is 24.0 Å². The third-order valence-corrected chi connectivity index (χ3v) is 6.41. The molecule has 2 N–H and O–H groups in total. The molecule has 2 fully saturated rings. The number of aliphatic hydroxyl groups excluding tert-OH is 1. The van der Waals surface area contributed by atoms with E-state index in [9.17, 15) is 9.90 Å². The fraction of sp³-hybridized carbons (Fsp3) is 0.280. The van der Waals surface area contributed by atoms with Crippen molar-refractivity contribution in [2.45, 2.75) is 30.6 Å². The molecule has 0 saturated carbocycles. The molecule has 2 aromatic carbocycles. The van der Waals surface area contributed by atoms with Gasteiger partial charge in [0.05, 0.1) is 26.1 Å². The number of nitrogens with one attached hydrogen (secondary N) is 1. The number of carbonyl (C=O) groups is 1. The van der Waals surface area contributed by atoms with Crippen LogP contribution in [0.2, 0.25) is 0 Å². The van der Waals surface area contributed by atoms with Gasteiger partial charge in [0.15, 0.2) is 23.2 Å². The Morgan fingerprint density at radius 1 is 1.11 bits per heavy atom. The minimum atomic E-state index is -0.988. The second kappa shape index (κ2) is 8.82. The van der Waals surface area contributed by atoms with Crippen LogP contribution in [0.15, 0.2) is 73.3 Å². The molecule has 10 nitrogen and oxygen atoms in total. The minimum Gasteiger partial charge on any atom is -0.393 e. The summed E-state index contributed by atoms with van der Waals surface area (Å²) in [5.74, 6) is -0.00584. The van der Waals surface area contributed by atoms with Gasteiger partial charge in [0, 0.05) is 5.56 Å². The summed E-state index contributed by atoms with van der Waals surface area (Å²) in [6.07, 6.45) is 1.37. The summed E-state index contributed by atoms with van der Waals surface area (Å²) in [5, 5.41) is 13.0. The smallest absolute Gasteiger partial charge is 0.256 e. The van der Waals surface area contributed by atoms with E-state index in [-0.39, 0.29) is 19.1 Å². The number of ether oxygens (including phenoxy) is 3. The number of amides is 1. The van der Waals surface area contributed by atoms with Crippen LogP contribution < -0.4 is 5.32 Å². The number of aliphatic hydroxyl groups is 1. The number of hydrogen-bond acceptors (Lipinski definition) is 8. The molecule has 2 saturated heterocycles. The third-order valence-electron chi connectivity index (χ3n) is 6.41. The number of imidazole rings is 1. The zero-order valence-electron chi connectivity index (χ0n) is 18.7. The lowest BCUT2D eigenvalue weighted by atomic mass is 10.00. The van der Waals surface area contributed by atoms with E-state index in [4.69, 9.17) is 14.2 Å². The Morgan fingerprint density at radius 2 is 1.89 bits per heavy atom. The van der Waals surface area contributed by atoms with Crippen LogP contribution in [0.25, 0.3) is 11.2 Å². The molecule has 0 radical (unpaired) electrons. The lowest BCUT2D eigenvalue weighted by Gasteiger charge is -2.29. The van der Waals surface area contributed by atoms with Crippen molar-refractivity contribution in [3.05, 3.63) is 84.4 Å². The minimum absolute atomic E-state index is 0.226. The van der Waals surface area contributed by atoms with Crippen molar-refractivity contribution in [1.29, 1.82) is 0 Å². The van der Waals surface area contributed by atoms with E-state index in [2.05, 4.69) is 20.3 Å². The average molecular weight is 473 g/mol. The first-order valence-corrected chi connectivity index (χ1v) is 11.3. The Kier molecular flexibility index (Phi) is 5.50. The van der Waals surface area contributed by atoms with Crippen molar-refractivity contribution < 1.29 is 24.1 Å². The van der Waals surface area contributed by atoms with Crippen molar-refractivity contribution in [2.75, 3.05) is 18.5 Å². The summed E-state index contributed by atoms with van der Waals surface area (Å²) in [5.41, 5.74) is 1.43. The van der Waals surface area contributed by atoms with Gasteiger partial charge >= 0.3 is 0 Å². The molecule has 0 aliphatic carbocycles. The molecule has 4 atom stereocenters. The van der Waals surface area contributed by atoms with Crippen LogP contribution >= 0.6 is 0 Å². The van der Waals surface area contributed by atoms with Crippen molar-refractivity contribution >= 4 is 22.9 Å².